The molecule has 2 amide bonds. The minimum absolute atomic E-state index is 0.0250. The van der Waals surface area contributed by atoms with Gasteiger partial charge in [-0.05, 0) is 44.7 Å². The van der Waals surface area contributed by atoms with E-state index >= 15 is 0 Å². The molecule has 30 heavy (non-hydrogen) atoms. The zero-order valence-electron chi connectivity index (χ0n) is 16.9. The Morgan fingerprint density at radius 3 is 2.77 bits per heavy atom. The Bertz CT molecular complexity index is 983. The first-order valence-corrected chi connectivity index (χ1v) is 11.0. The predicted molar refractivity (Wildman–Crippen MR) is 110 cm³/mol. The lowest BCUT2D eigenvalue weighted by atomic mass is 9.77. The molecular weight excluding hydrogens is 380 g/mol. The minimum atomic E-state index is -0.851. The van der Waals surface area contributed by atoms with Crippen molar-refractivity contribution < 1.29 is 9.59 Å². The Balaban J connectivity index is 1.31. The van der Waals surface area contributed by atoms with Crippen molar-refractivity contribution in [3.05, 3.63) is 42.0 Å². The maximum absolute atomic E-state index is 13.8. The van der Waals surface area contributed by atoms with Gasteiger partial charge in [0.15, 0.2) is 0 Å². The van der Waals surface area contributed by atoms with Gasteiger partial charge in [0.05, 0.1) is 5.92 Å². The van der Waals surface area contributed by atoms with Crippen LogP contribution in [0.4, 0.5) is 5.69 Å². The Morgan fingerprint density at radius 2 is 1.97 bits per heavy atom. The molecule has 1 aromatic carbocycles. The van der Waals surface area contributed by atoms with Gasteiger partial charge >= 0.3 is 0 Å². The lowest BCUT2D eigenvalue weighted by Crippen LogP contribution is -2.55. The van der Waals surface area contributed by atoms with Gasteiger partial charge in [0, 0.05) is 36.3 Å². The number of piperidine rings is 1. The summed E-state index contributed by atoms with van der Waals surface area (Å²) in [4.78, 5) is 35.9. The molecule has 3 fully saturated rings. The first kappa shape index (κ1) is 18.1. The predicted octanol–water partition coefficient (Wildman–Crippen LogP) is 1.84. The Kier molecular flexibility index (Phi) is 3.99. The average molecular weight is 406 g/mol. The number of para-hydroxylation sites is 1. The number of nitrogens with one attached hydrogen (secondary N) is 2. The number of likely N-dealkylation sites (tertiary alicyclic amines) is 1. The van der Waals surface area contributed by atoms with E-state index in [2.05, 4.69) is 25.4 Å². The molecule has 8 nitrogen and oxygen atoms in total. The van der Waals surface area contributed by atoms with Gasteiger partial charge in [0.1, 0.15) is 17.7 Å². The van der Waals surface area contributed by atoms with Gasteiger partial charge < -0.3 is 10.2 Å². The van der Waals surface area contributed by atoms with Gasteiger partial charge in [-0.2, -0.15) is 5.10 Å². The molecular formula is C22H26N6O2. The highest BCUT2D eigenvalue weighted by molar-refractivity contribution is 6.09. The van der Waals surface area contributed by atoms with Crippen LogP contribution in [0.5, 0.6) is 0 Å². The molecule has 2 N–H and O–H groups in total. The number of H-pyrrole nitrogens is 1. The fraction of sp³-hybridized carbons (Fsp3) is 0.545. The SMILES string of the molecule is O=C([C@H]1C[C@H]2CCCN2[C@]12C(=O)Nc1ccccc12)N1CCC(c2ncn[nH]2)CC1. The van der Waals surface area contributed by atoms with Crippen LogP contribution in [0, 0.1) is 5.92 Å². The molecule has 4 aliphatic heterocycles. The van der Waals surface area contributed by atoms with E-state index in [0.717, 1.165) is 55.7 Å². The first-order valence-electron chi connectivity index (χ1n) is 11.0. The number of anilines is 1. The molecule has 0 bridgehead atoms. The summed E-state index contributed by atoms with van der Waals surface area (Å²) in [5, 5.41) is 10.0. The number of carbonyl (C=O) groups is 2. The van der Waals surface area contributed by atoms with Crippen LogP contribution in [0.2, 0.25) is 0 Å². The number of hydrogen-bond donors (Lipinski definition) is 2. The van der Waals surface area contributed by atoms with E-state index in [9.17, 15) is 9.59 Å². The number of aromatic nitrogens is 3. The largest absolute Gasteiger partial charge is 0.342 e. The van der Waals surface area contributed by atoms with Crippen molar-refractivity contribution in [3.63, 3.8) is 0 Å². The molecule has 0 saturated carbocycles. The topological polar surface area (TPSA) is 94.2 Å². The van der Waals surface area contributed by atoms with Crippen LogP contribution < -0.4 is 5.32 Å². The van der Waals surface area contributed by atoms with Gasteiger partial charge in [-0.25, -0.2) is 4.98 Å². The van der Waals surface area contributed by atoms with Crippen molar-refractivity contribution in [2.45, 2.75) is 49.6 Å². The van der Waals surface area contributed by atoms with Crippen LogP contribution >= 0.6 is 0 Å². The Morgan fingerprint density at radius 1 is 1.13 bits per heavy atom. The fourth-order valence-electron chi connectivity index (χ4n) is 6.37. The molecule has 6 rings (SSSR count). The molecule has 4 aliphatic rings. The van der Waals surface area contributed by atoms with Crippen LogP contribution in [-0.4, -0.2) is 62.5 Å². The quantitative estimate of drug-likeness (QED) is 0.794. The molecule has 0 unspecified atom stereocenters. The van der Waals surface area contributed by atoms with E-state index in [-0.39, 0.29) is 17.7 Å². The summed E-state index contributed by atoms with van der Waals surface area (Å²) in [6.45, 7) is 2.28. The molecule has 8 heteroatoms. The molecule has 3 saturated heterocycles. The van der Waals surface area contributed by atoms with Crippen LogP contribution in [0.25, 0.3) is 0 Å². The van der Waals surface area contributed by atoms with E-state index < -0.39 is 5.54 Å². The highest BCUT2D eigenvalue weighted by Crippen LogP contribution is 2.55. The van der Waals surface area contributed by atoms with Crippen LogP contribution in [0.1, 0.15) is 49.4 Å². The molecule has 156 valence electrons. The summed E-state index contributed by atoms with van der Waals surface area (Å²) in [5.41, 5.74) is 0.988. The van der Waals surface area contributed by atoms with Crippen LogP contribution in [0.3, 0.4) is 0 Å². The Labute approximate surface area is 175 Å². The smallest absolute Gasteiger partial charge is 0.250 e. The molecule has 5 heterocycles. The lowest BCUT2D eigenvalue weighted by molar-refractivity contribution is -0.145. The third-order valence-corrected chi connectivity index (χ3v) is 7.70. The van der Waals surface area contributed by atoms with Crippen molar-refractivity contribution >= 4 is 17.5 Å². The maximum atomic E-state index is 13.8. The first-order chi connectivity index (χ1) is 14.7. The molecule has 2 aromatic rings. The third kappa shape index (κ3) is 2.37. The standard InChI is InChI=1S/C22H26N6O2/c29-20(27-10-7-14(8-11-27)19-23-13-24-26-19)17-12-15-4-3-9-28(15)22(17)16-5-1-2-6-18(16)25-21(22)30/h1-2,5-6,13-15,17H,3-4,7-12H2,(H,25,30)(H,23,24,26)/t15-,17-,22+/m1/s1. The highest BCUT2D eigenvalue weighted by atomic mass is 16.2. The summed E-state index contributed by atoms with van der Waals surface area (Å²) >= 11 is 0. The zero-order chi connectivity index (χ0) is 20.3. The van der Waals surface area contributed by atoms with Crippen LogP contribution in [-0.2, 0) is 15.1 Å². The summed E-state index contributed by atoms with van der Waals surface area (Å²) in [6, 6.07) is 8.22. The van der Waals surface area contributed by atoms with Gasteiger partial charge in [0.2, 0.25) is 11.8 Å². The minimum Gasteiger partial charge on any atom is -0.342 e. The number of aromatic amines is 1. The van der Waals surface area contributed by atoms with Gasteiger partial charge in [-0.1, -0.05) is 18.2 Å². The van der Waals surface area contributed by atoms with Gasteiger partial charge in [-0.15, -0.1) is 0 Å². The van der Waals surface area contributed by atoms with Gasteiger partial charge in [-0.3, -0.25) is 19.6 Å². The Hall–Kier alpha value is -2.74. The van der Waals surface area contributed by atoms with E-state index in [1.165, 1.54) is 0 Å². The monoisotopic (exact) mass is 406 g/mol. The molecule has 1 spiro atoms. The normalized spacial score (nSPS) is 31.2. The number of nitrogens with zero attached hydrogens (tertiary/aromatic N) is 4. The van der Waals surface area contributed by atoms with E-state index in [0.29, 0.717) is 25.0 Å². The van der Waals surface area contributed by atoms with Crippen molar-refractivity contribution in [2.75, 3.05) is 25.0 Å². The zero-order valence-corrected chi connectivity index (χ0v) is 16.9. The maximum Gasteiger partial charge on any atom is 0.250 e. The summed E-state index contributed by atoms with van der Waals surface area (Å²) < 4.78 is 0. The summed E-state index contributed by atoms with van der Waals surface area (Å²) in [7, 11) is 0. The van der Waals surface area contributed by atoms with Crippen molar-refractivity contribution in [1.82, 2.24) is 25.0 Å². The fourth-order valence-corrected chi connectivity index (χ4v) is 6.37. The second-order valence-corrected chi connectivity index (χ2v) is 9.01. The second kappa shape index (κ2) is 6.63. The third-order valence-electron chi connectivity index (χ3n) is 7.70. The molecule has 3 atom stereocenters. The van der Waals surface area contributed by atoms with Crippen molar-refractivity contribution in [1.29, 1.82) is 0 Å². The highest BCUT2D eigenvalue weighted by Gasteiger charge is 2.65. The van der Waals surface area contributed by atoms with E-state index in [1.807, 2.05) is 29.2 Å². The number of benzene rings is 1. The van der Waals surface area contributed by atoms with E-state index in [1.54, 1.807) is 6.33 Å². The number of carbonyl (C=O) groups excluding carboxylic acids is 2. The van der Waals surface area contributed by atoms with Crippen molar-refractivity contribution in [3.8, 4) is 0 Å². The van der Waals surface area contributed by atoms with Crippen molar-refractivity contribution in [2.24, 2.45) is 5.92 Å². The van der Waals surface area contributed by atoms with Gasteiger partial charge in [0.25, 0.3) is 0 Å². The lowest BCUT2D eigenvalue weighted by Gasteiger charge is -2.39. The molecule has 1 aromatic heterocycles. The number of hydrogen-bond acceptors (Lipinski definition) is 5. The number of rotatable bonds is 2. The van der Waals surface area contributed by atoms with E-state index in [4.69, 9.17) is 0 Å². The molecule has 0 radical (unpaired) electrons. The summed E-state index contributed by atoms with van der Waals surface area (Å²) in [6.07, 6.45) is 6.20. The number of amides is 2. The number of fused-ring (bicyclic) bond motifs is 4. The molecule has 0 aliphatic carbocycles. The second-order valence-electron chi connectivity index (χ2n) is 9.01. The average Bonchev–Trinajstić information content (AvgIpc) is 3.54. The summed E-state index contributed by atoms with van der Waals surface area (Å²) in [5.74, 6) is 1.00. The van der Waals surface area contributed by atoms with Crippen LogP contribution in [0.15, 0.2) is 30.6 Å².